The van der Waals surface area contributed by atoms with E-state index in [1.165, 1.54) is 33.3 Å². The van der Waals surface area contributed by atoms with Crippen molar-refractivity contribution < 1.29 is 9.53 Å². The van der Waals surface area contributed by atoms with E-state index in [1.54, 1.807) is 11.9 Å². The Bertz CT molecular complexity index is 1030. The van der Waals surface area contributed by atoms with Gasteiger partial charge in [0.1, 0.15) is 12.4 Å². The Balaban J connectivity index is 1.51. The Labute approximate surface area is 195 Å². The summed E-state index contributed by atoms with van der Waals surface area (Å²) >= 11 is 8.65. The van der Waals surface area contributed by atoms with Crippen molar-refractivity contribution in [1.29, 1.82) is 0 Å². The molecule has 1 aromatic carbocycles. The molecule has 2 N–H and O–H groups in total. The molecule has 0 saturated heterocycles. The Morgan fingerprint density at radius 1 is 1.23 bits per heavy atom. The van der Waals surface area contributed by atoms with Crippen LogP contribution in [-0.2, 0) is 23.4 Å². The van der Waals surface area contributed by atoms with E-state index < -0.39 is 0 Å². The first kappa shape index (κ1) is 23.4. The van der Waals surface area contributed by atoms with Crippen molar-refractivity contribution in [3.63, 3.8) is 0 Å². The predicted octanol–water partition coefficient (Wildman–Crippen LogP) is 4.33. The average molecular weight is 480 g/mol. The van der Waals surface area contributed by atoms with E-state index in [4.69, 9.17) is 22.2 Å². The largest absolute Gasteiger partial charge is 0.486 e. The average Bonchev–Trinajstić information content (AvgIpc) is 3.29. The summed E-state index contributed by atoms with van der Waals surface area (Å²) in [5.41, 5.74) is 1.32. The molecular weight excluding hydrogens is 454 g/mol. The second kappa shape index (κ2) is 9.93. The molecule has 3 aromatic rings. The molecule has 0 atom stereocenters. The number of thiophene rings is 1. The number of aromatic nitrogens is 3. The fourth-order valence-corrected chi connectivity index (χ4v) is 4.66. The minimum Gasteiger partial charge on any atom is -0.486 e. The zero-order valence-electron chi connectivity index (χ0n) is 18.0. The number of benzene rings is 1. The van der Waals surface area contributed by atoms with Gasteiger partial charge in [0, 0.05) is 11.9 Å². The van der Waals surface area contributed by atoms with Crippen LogP contribution in [0, 0.1) is 0 Å². The van der Waals surface area contributed by atoms with Crippen molar-refractivity contribution >= 4 is 40.6 Å². The van der Waals surface area contributed by atoms with Gasteiger partial charge in [-0.05, 0) is 35.2 Å². The van der Waals surface area contributed by atoms with Gasteiger partial charge in [0.2, 0.25) is 11.1 Å². The second-order valence-corrected chi connectivity index (χ2v) is 10.8. The molecule has 31 heavy (non-hydrogen) atoms. The molecule has 0 fully saturated rings. The lowest BCUT2D eigenvalue weighted by molar-refractivity contribution is -0.127. The first-order valence-electron chi connectivity index (χ1n) is 9.67. The fourth-order valence-electron chi connectivity index (χ4n) is 2.70. The number of nitrogens with zero attached hydrogens (tertiary/aromatic N) is 4. The highest BCUT2D eigenvalue weighted by molar-refractivity contribution is 7.99. The Morgan fingerprint density at radius 3 is 2.55 bits per heavy atom. The van der Waals surface area contributed by atoms with Crippen molar-refractivity contribution in [2.75, 3.05) is 18.6 Å². The number of carbonyl (C=O) groups excluding carboxylic acids is 1. The maximum absolute atomic E-state index is 12.4. The van der Waals surface area contributed by atoms with Crippen molar-refractivity contribution in [2.24, 2.45) is 0 Å². The van der Waals surface area contributed by atoms with Gasteiger partial charge in [-0.2, -0.15) is 0 Å². The van der Waals surface area contributed by atoms with Crippen molar-refractivity contribution in [1.82, 2.24) is 19.8 Å². The van der Waals surface area contributed by atoms with Crippen LogP contribution in [0.3, 0.4) is 0 Å². The summed E-state index contributed by atoms with van der Waals surface area (Å²) in [4.78, 5) is 15.1. The number of ether oxygens (including phenoxy) is 1. The van der Waals surface area contributed by atoms with Crippen molar-refractivity contribution in [3.8, 4) is 5.75 Å². The molecule has 0 bridgehead atoms. The maximum atomic E-state index is 12.4. The Morgan fingerprint density at radius 2 is 1.94 bits per heavy atom. The molecule has 166 valence electrons. The lowest BCUT2D eigenvalue weighted by Gasteiger charge is -2.19. The lowest BCUT2D eigenvalue weighted by Crippen LogP contribution is -2.27. The topological polar surface area (TPSA) is 86.3 Å². The summed E-state index contributed by atoms with van der Waals surface area (Å²) in [5.74, 6) is 7.48. The highest BCUT2D eigenvalue weighted by Gasteiger charge is 2.16. The summed E-state index contributed by atoms with van der Waals surface area (Å²) in [6.07, 6.45) is 0. The number of nitrogens with two attached hydrogens (primary N) is 1. The zero-order valence-corrected chi connectivity index (χ0v) is 20.4. The molecule has 0 saturated carbocycles. The first-order valence-corrected chi connectivity index (χ1v) is 11.8. The second-order valence-electron chi connectivity index (χ2n) is 8.08. The van der Waals surface area contributed by atoms with Gasteiger partial charge >= 0.3 is 0 Å². The molecule has 0 aliphatic carbocycles. The molecule has 0 spiro atoms. The smallest absolute Gasteiger partial charge is 0.233 e. The van der Waals surface area contributed by atoms with E-state index in [0.717, 1.165) is 10.6 Å². The first-order chi connectivity index (χ1) is 14.6. The van der Waals surface area contributed by atoms with Crippen LogP contribution in [0.25, 0.3) is 0 Å². The monoisotopic (exact) mass is 479 g/mol. The van der Waals surface area contributed by atoms with E-state index in [-0.39, 0.29) is 23.7 Å². The molecule has 10 heteroatoms. The fraction of sp³-hybridized carbons (Fsp3) is 0.381. The zero-order chi connectivity index (χ0) is 22.6. The lowest BCUT2D eigenvalue weighted by atomic mass is 9.87. The van der Waals surface area contributed by atoms with E-state index in [9.17, 15) is 4.79 Å². The van der Waals surface area contributed by atoms with Crippen LogP contribution in [0.15, 0.2) is 41.6 Å². The quantitative estimate of drug-likeness (QED) is 0.382. The Kier molecular flexibility index (Phi) is 7.51. The molecule has 7 nitrogen and oxygen atoms in total. The van der Waals surface area contributed by atoms with Crippen LogP contribution in [-0.4, -0.2) is 38.5 Å². The molecule has 0 aliphatic heterocycles. The SMILES string of the molecule is CN(Cc1ccc(Cl)s1)C(=O)CSc1nnc(COc2ccc(C(C)(C)C)cc2)n1N. The normalized spacial score (nSPS) is 11.5. The van der Waals surface area contributed by atoms with Crippen LogP contribution < -0.4 is 10.6 Å². The van der Waals surface area contributed by atoms with Crippen LogP contribution in [0.2, 0.25) is 4.34 Å². The summed E-state index contributed by atoms with van der Waals surface area (Å²) < 4.78 is 7.86. The number of hydrogen-bond donors (Lipinski definition) is 1. The van der Waals surface area contributed by atoms with Crippen LogP contribution >= 0.6 is 34.7 Å². The molecular formula is C21H26ClN5O2S2. The summed E-state index contributed by atoms with van der Waals surface area (Å²) in [7, 11) is 1.76. The number of nitrogen functional groups attached to an aromatic ring is 1. The van der Waals surface area contributed by atoms with Crippen LogP contribution in [0.4, 0.5) is 0 Å². The third kappa shape index (κ3) is 6.38. The van der Waals surface area contributed by atoms with E-state index in [0.29, 0.717) is 21.9 Å². The number of carbonyl (C=O) groups is 1. The van der Waals surface area contributed by atoms with Gasteiger partial charge in [0.15, 0.2) is 5.82 Å². The number of rotatable bonds is 8. The van der Waals surface area contributed by atoms with Gasteiger partial charge in [-0.25, -0.2) is 4.68 Å². The van der Waals surface area contributed by atoms with Crippen molar-refractivity contribution in [2.45, 2.75) is 44.5 Å². The van der Waals surface area contributed by atoms with E-state index >= 15 is 0 Å². The van der Waals surface area contributed by atoms with Gasteiger partial charge in [0.05, 0.1) is 16.6 Å². The Hall–Kier alpha value is -2.23. The molecule has 0 radical (unpaired) electrons. The number of halogens is 1. The summed E-state index contributed by atoms with van der Waals surface area (Å²) in [5, 5.41) is 8.62. The van der Waals surface area contributed by atoms with Gasteiger partial charge in [-0.15, -0.1) is 21.5 Å². The minimum atomic E-state index is -0.0331. The van der Waals surface area contributed by atoms with Gasteiger partial charge < -0.3 is 15.5 Å². The van der Waals surface area contributed by atoms with E-state index in [2.05, 4.69) is 43.1 Å². The number of amides is 1. The van der Waals surface area contributed by atoms with E-state index in [1.807, 2.05) is 24.3 Å². The standard InChI is InChI=1S/C21H26ClN5O2S2/c1-21(2,3)14-5-7-15(8-6-14)29-12-18-24-25-20(27(18)23)30-13-19(28)26(4)11-16-9-10-17(22)31-16/h5-10H,11-13,23H2,1-4H3. The summed E-state index contributed by atoms with van der Waals surface area (Å²) in [6.45, 7) is 7.20. The number of hydrogen-bond acceptors (Lipinski definition) is 7. The molecule has 2 heterocycles. The highest BCUT2D eigenvalue weighted by Crippen LogP contribution is 2.25. The van der Waals surface area contributed by atoms with Crippen LogP contribution in [0.1, 0.15) is 37.0 Å². The van der Waals surface area contributed by atoms with Gasteiger partial charge in [-0.3, -0.25) is 4.79 Å². The van der Waals surface area contributed by atoms with Gasteiger partial charge in [-0.1, -0.05) is 56.3 Å². The number of thioether (sulfide) groups is 1. The molecule has 0 aliphatic rings. The van der Waals surface area contributed by atoms with Crippen molar-refractivity contribution in [3.05, 3.63) is 57.0 Å². The van der Waals surface area contributed by atoms with Gasteiger partial charge in [0.25, 0.3) is 0 Å². The third-order valence-electron chi connectivity index (χ3n) is 4.60. The van der Waals surface area contributed by atoms with Crippen LogP contribution in [0.5, 0.6) is 5.75 Å². The maximum Gasteiger partial charge on any atom is 0.233 e. The minimum absolute atomic E-state index is 0.0331. The summed E-state index contributed by atoms with van der Waals surface area (Å²) in [6, 6.07) is 11.7. The molecule has 1 amide bonds. The third-order valence-corrected chi connectivity index (χ3v) is 6.74. The predicted molar refractivity (Wildman–Crippen MR) is 126 cm³/mol. The highest BCUT2D eigenvalue weighted by atomic mass is 35.5. The molecule has 3 rings (SSSR count). The molecule has 0 unspecified atom stereocenters. The molecule has 2 aromatic heterocycles.